The molecule has 5 nitrogen and oxygen atoms in total. The summed E-state index contributed by atoms with van der Waals surface area (Å²) >= 11 is 0. The second-order valence-electron chi connectivity index (χ2n) is 6.45. The number of rotatable bonds is 5. The third-order valence-electron chi connectivity index (χ3n) is 3.73. The van der Waals surface area contributed by atoms with Gasteiger partial charge < -0.3 is 10.6 Å². The van der Waals surface area contributed by atoms with Gasteiger partial charge in [-0.25, -0.2) is 9.97 Å². The van der Waals surface area contributed by atoms with Gasteiger partial charge in [0.25, 0.3) is 5.91 Å². The van der Waals surface area contributed by atoms with Crippen LogP contribution in [0.2, 0.25) is 0 Å². The van der Waals surface area contributed by atoms with E-state index in [1.807, 2.05) is 75.4 Å². The molecule has 0 atom stereocenters. The lowest BCUT2D eigenvalue weighted by Crippen LogP contribution is -2.31. The molecule has 0 bridgehead atoms. The Hall–Kier alpha value is -3.21. The summed E-state index contributed by atoms with van der Waals surface area (Å²) in [5, 5.41) is 6.14. The smallest absolute Gasteiger partial charge is 0.270 e. The fourth-order valence-electron chi connectivity index (χ4n) is 2.46. The van der Waals surface area contributed by atoms with Crippen molar-refractivity contribution in [2.75, 3.05) is 5.32 Å². The highest BCUT2D eigenvalue weighted by atomic mass is 16.1. The van der Waals surface area contributed by atoms with Gasteiger partial charge in [0.1, 0.15) is 11.5 Å². The van der Waals surface area contributed by atoms with Crippen molar-refractivity contribution in [1.82, 2.24) is 15.3 Å². The summed E-state index contributed by atoms with van der Waals surface area (Å²) in [5.41, 5.74) is 3.28. The van der Waals surface area contributed by atoms with Gasteiger partial charge in [0.15, 0.2) is 5.82 Å². The maximum Gasteiger partial charge on any atom is 0.270 e. The summed E-state index contributed by atoms with van der Waals surface area (Å²) in [4.78, 5) is 21.5. The largest absolute Gasteiger partial charge is 0.349 e. The number of amides is 1. The van der Waals surface area contributed by atoms with Gasteiger partial charge in [0.2, 0.25) is 0 Å². The Morgan fingerprint density at radius 1 is 0.962 bits per heavy atom. The molecular weight excluding hydrogens is 324 g/mol. The monoisotopic (exact) mass is 346 g/mol. The van der Waals surface area contributed by atoms with Gasteiger partial charge in [-0.2, -0.15) is 0 Å². The molecule has 0 fully saturated rings. The Labute approximate surface area is 153 Å². The van der Waals surface area contributed by atoms with Crippen molar-refractivity contribution in [2.24, 2.45) is 0 Å². The van der Waals surface area contributed by atoms with Gasteiger partial charge in [-0.3, -0.25) is 4.79 Å². The van der Waals surface area contributed by atoms with Gasteiger partial charge in [-0.05, 0) is 32.9 Å². The van der Waals surface area contributed by atoms with E-state index >= 15 is 0 Å². The molecule has 3 aromatic rings. The minimum Gasteiger partial charge on any atom is -0.349 e. The summed E-state index contributed by atoms with van der Waals surface area (Å²) in [6.45, 7) is 5.88. The van der Waals surface area contributed by atoms with Crippen molar-refractivity contribution in [2.45, 2.75) is 26.8 Å². The third-order valence-corrected chi connectivity index (χ3v) is 3.73. The van der Waals surface area contributed by atoms with E-state index in [1.165, 1.54) is 5.56 Å². The number of hydrogen-bond acceptors (Lipinski definition) is 4. The molecule has 0 saturated carbocycles. The second kappa shape index (κ2) is 7.78. The highest BCUT2D eigenvalue weighted by molar-refractivity contribution is 5.93. The summed E-state index contributed by atoms with van der Waals surface area (Å²) in [6, 6.07) is 19.3. The Morgan fingerprint density at radius 2 is 1.65 bits per heavy atom. The van der Waals surface area contributed by atoms with Gasteiger partial charge in [0, 0.05) is 23.4 Å². The Bertz CT molecular complexity index is 890. The lowest BCUT2D eigenvalue weighted by Gasteiger charge is -2.12. The lowest BCUT2D eigenvalue weighted by molar-refractivity contribution is 0.0938. The zero-order valence-electron chi connectivity index (χ0n) is 15.2. The molecule has 2 N–H and O–H groups in total. The molecule has 2 aromatic carbocycles. The van der Waals surface area contributed by atoms with Crippen LogP contribution in [0.1, 0.15) is 29.9 Å². The first-order valence-corrected chi connectivity index (χ1v) is 8.60. The van der Waals surface area contributed by atoms with Crippen LogP contribution in [0.4, 0.5) is 11.5 Å². The average molecular weight is 346 g/mol. The van der Waals surface area contributed by atoms with E-state index in [2.05, 4.69) is 20.6 Å². The van der Waals surface area contributed by atoms with Crippen molar-refractivity contribution in [3.8, 4) is 11.4 Å². The average Bonchev–Trinajstić information content (AvgIpc) is 2.63. The predicted molar refractivity (Wildman–Crippen MR) is 105 cm³/mol. The van der Waals surface area contributed by atoms with Crippen LogP contribution in [0.25, 0.3) is 11.4 Å². The van der Waals surface area contributed by atoms with E-state index in [9.17, 15) is 4.79 Å². The first kappa shape index (κ1) is 17.6. The highest BCUT2D eigenvalue weighted by Crippen LogP contribution is 2.21. The summed E-state index contributed by atoms with van der Waals surface area (Å²) in [7, 11) is 0. The van der Waals surface area contributed by atoms with Crippen molar-refractivity contribution >= 4 is 17.4 Å². The molecule has 0 unspecified atom stereocenters. The predicted octanol–water partition coefficient (Wildman–Crippen LogP) is 4.33. The molecule has 5 heteroatoms. The van der Waals surface area contributed by atoms with Crippen molar-refractivity contribution in [1.29, 1.82) is 0 Å². The SMILES string of the molecule is Cc1ccc(Nc2cc(C(=O)NC(C)C)nc(-c3ccccc3)n2)cc1. The molecule has 0 radical (unpaired) electrons. The van der Waals surface area contributed by atoms with E-state index in [4.69, 9.17) is 0 Å². The number of anilines is 2. The van der Waals surface area contributed by atoms with E-state index in [1.54, 1.807) is 6.07 Å². The van der Waals surface area contributed by atoms with Gasteiger partial charge in [0.05, 0.1) is 0 Å². The van der Waals surface area contributed by atoms with Crippen molar-refractivity contribution < 1.29 is 4.79 Å². The third kappa shape index (κ3) is 4.45. The quantitative estimate of drug-likeness (QED) is 0.721. The van der Waals surface area contributed by atoms with Crippen LogP contribution >= 0.6 is 0 Å². The number of benzene rings is 2. The Balaban J connectivity index is 1.99. The minimum absolute atomic E-state index is 0.0335. The molecule has 0 saturated heterocycles. The van der Waals surface area contributed by atoms with E-state index in [0.29, 0.717) is 17.3 Å². The van der Waals surface area contributed by atoms with Crippen LogP contribution in [0, 0.1) is 6.92 Å². The van der Waals surface area contributed by atoms with Crippen LogP contribution in [0.3, 0.4) is 0 Å². The minimum atomic E-state index is -0.216. The fourth-order valence-corrected chi connectivity index (χ4v) is 2.46. The number of carbonyl (C=O) groups is 1. The topological polar surface area (TPSA) is 66.9 Å². The molecule has 3 rings (SSSR count). The van der Waals surface area contributed by atoms with Crippen molar-refractivity contribution in [3.05, 3.63) is 71.9 Å². The standard InChI is InChI=1S/C21H22N4O/c1-14(2)22-21(26)18-13-19(23-17-11-9-15(3)10-12-17)25-20(24-18)16-7-5-4-6-8-16/h4-14H,1-3H3,(H,22,26)(H,23,24,25). The highest BCUT2D eigenvalue weighted by Gasteiger charge is 2.14. The van der Waals surface area contributed by atoms with Crippen LogP contribution in [-0.2, 0) is 0 Å². The molecule has 132 valence electrons. The first-order chi connectivity index (χ1) is 12.5. The number of hydrogen-bond donors (Lipinski definition) is 2. The lowest BCUT2D eigenvalue weighted by atomic mass is 10.2. The Kier molecular flexibility index (Phi) is 5.27. The molecule has 1 heterocycles. The molecule has 0 spiro atoms. The maximum absolute atomic E-state index is 12.5. The van der Waals surface area contributed by atoms with Gasteiger partial charge in [-0.15, -0.1) is 0 Å². The number of aryl methyl sites for hydroxylation is 1. The summed E-state index contributed by atoms with van der Waals surface area (Å²) in [5.74, 6) is 0.875. The van der Waals surface area contributed by atoms with Gasteiger partial charge in [-0.1, -0.05) is 48.0 Å². The van der Waals surface area contributed by atoms with Crippen molar-refractivity contribution in [3.63, 3.8) is 0 Å². The van der Waals surface area contributed by atoms with Crippen LogP contribution in [0.15, 0.2) is 60.7 Å². The molecule has 26 heavy (non-hydrogen) atoms. The molecule has 0 aliphatic carbocycles. The number of aromatic nitrogens is 2. The maximum atomic E-state index is 12.5. The zero-order valence-corrected chi connectivity index (χ0v) is 15.2. The van der Waals surface area contributed by atoms with E-state index < -0.39 is 0 Å². The molecule has 0 aliphatic rings. The van der Waals surface area contributed by atoms with Gasteiger partial charge >= 0.3 is 0 Å². The number of nitrogens with one attached hydrogen (secondary N) is 2. The molecule has 0 aliphatic heterocycles. The molecule has 1 amide bonds. The number of nitrogens with zero attached hydrogens (tertiary/aromatic N) is 2. The molecular formula is C21H22N4O. The zero-order chi connectivity index (χ0) is 18.5. The number of carbonyl (C=O) groups excluding carboxylic acids is 1. The second-order valence-corrected chi connectivity index (χ2v) is 6.45. The molecule has 1 aromatic heterocycles. The Morgan fingerprint density at radius 3 is 2.31 bits per heavy atom. The van der Waals surface area contributed by atoms with Crippen LogP contribution in [-0.4, -0.2) is 21.9 Å². The summed E-state index contributed by atoms with van der Waals surface area (Å²) in [6.07, 6.45) is 0. The van der Waals surface area contributed by atoms with Crippen LogP contribution in [0.5, 0.6) is 0 Å². The van der Waals surface area contributed by atoms with E-state index in [-0.39, 0.29) is 11.9 Å². The van der Waals surface area contributed by atoms with E-state index in [0.717, 1.165) is 11.3 Å². The normalized spacial score (nSPS) is 10.6. The fraction of sp³-hybridized carbons (Fsp3) is 0.190. The summed E-state index contributed by atoms with van der Waals surface area (Å²) < 4.78 is 0. The first-order valence-electron chi connectivity index (χ1n) is 8.60. The van der Waals surface area contributed by atoms with Crippen LogP contribution < -0.4 is 10.6 Å².